The highest BCUT2D eigenvalue weighted by atomic mass is 35.5. The largest absolute Gasteiger partial charge is 0.466 e. The smallest absolute Gasteiger partial charge is 0.336 e. The summed E-state index contributed by atoms with van der Waals surface area (Å²) < 4.78 is 41.7. The average Bonchev–Trinajstić information content (AvgIpc) is 2.72. The van der Waals surface area contributed by atoms with Crippen LogP contribution in [0.3, 0.4) is 0 Å². The molecule has 1 heterocycles. The van der Waals surface area contributed by atoms with Gasteiger partial charge in [0, 0.05) is 17.3 Å². The van der Waals surface area contributed by atoms with Crippen LogP contribution in [0.1, 0.15) is 25.3 Å². The van der Waals surface area contributed by atoms with E-state index in [9.17, 15) is 18.0 Å². The SMILES string of the molecule is CCOC(=O)C1=C(COCCN)NC(C)=C(C(=O)OC)[C@@H]1c1ccccc1Cl.CS(=O)(=O)O. The van der Waals surface area contributed by atoms with Crippen LogP contribution in [0.15, 0.2) is 46.8 Å². The molecule has 1 aromatic rings. The minimum atomic E-state index is -3.67. The molecule has 10 nitrogen and oxygen atoms in total. The average molecular weight is 505 g/mol. The first-order valence-electron chi connectivity index (χ1n) is 9.87. The number of carbonyl (C=O) groups is 2. The lowest BCUT2D eigenvalue weighted by Gasteiger charge is -2.31. The summed E-state index contributed by atoms with van der Waals surface area (Å²) in [7, 11) is -2.38. The van der Waals surface area contributed by atoms with Gasteiger partial charge < -0.3 is 25.3 Å². The van der Waals surface area contributed by atoms with Crippen molar-refractivity contribution in [3.63, 3.8) is 0 Å². The van der Waals surface area contributed by atoms with Crippen LogP contribution >= 0.6 is 11.6 Å². The molecule has 0 aromatic heterocycles. The first-order chi connectivity index (χ1) is 15.5. The number of dihydropyridines is 1. The van der Waals surface area contributed by atoms with Gasteiger partial charge in [-0.3, -0.25) is 4.55 Å². The van der Waals surface area contributed by atoms with Crippen molar-refractivity contribution in [2.24, 2.45) is 5.73 Å². The van der Waals surface area contributed by atoms with E-state index < -0.39 is 28.0 Å². The number of ether oxygens (including phenoxy) is 3. The number of allylic oxidation sites excluding steroid dienone is 1. The van der Waals surface area contributed by atoms with E-state index >= 15 is 0 Å². The molecule has 1 aromatic carbocycles. The maximum absolute atomic E-state index is 12.9. The molecule has 0 fully saturated rings. The Morgan fingerprint density at radius 2 is 1.82 bits per heavy atom. The zero-order chi connectivity index (χ0) is 25.2. The summed E-state index contributed by atoms with van der Waals surface area (Å²) in [6.07, 6.45) is 0.715. The summed E-state index contributed by atoms with van der Waals surface area (Å²) in [5.74, 6) is -1.86. The summed E-state index contributed by atoms with van der Waals surface area (Å²) in [5.41, 5.74) is 7.70. The number of rotatable bonds is 8. The number of methoxy groups -OCH3 is 1. The van der Waals surface area contributed by atoms with E-state index in [4.69, 9.17) is 36.1 Å². The molecule has 1 aliphatic rings. The fourth-order valence-corrected chi connectivity index (χ4v) is 3.36. The third kappa shape index (κ3) is 8.78. The van der Waals surface area contributed by atoms with Crippen molar-refractivity contribution in [1.82, 2.24) is 5.32 Å². The third-order valence-electron chi connectivity index (χ3n) is 4.27. The Labute approximate surface area is 198 Å². The molecule has 0 saturated carbocycles. The lowest BCUT2D eigenvalue weighted by Crippen LogP contribution is -2.35. The first kappa shape index (κ1) is 28.6. The van der Waals surface area contributed by atoms with Crippen molar-refractivity contribution < 1.29 is 36.8 Å². The van der Waals surface area contributed by atoms with Gasteiger partial charge in [0.15, 0.2) is 0 Å². The molecule has 2 rings (SSSR count). The zero-order valence-corrected chi connectivity index (χ0v) is 20.5. The summed E-state index contributed by atoms with van der Waals surface area (Å²) in [4.78, 5) is 25.5. The Morgan fingerprint density at radius 1 is 1.21 bits per heavy atom. The van der Waals surface area contributed by atoms with Crippen molar-refractivity contribution in [2.75, 3.05) is 39.7 Å². The predicted molar refractivity (Wildman–Crippen MR) is 123 cm³/mol. The second-order valence-electron chi connectivity index (χ2n) is 6.80. The third-order valence-corrected chi connectivity index (χ3v) is 4.61. The molecule has 1 aliphatic heterocycles. The second kappa shape index (κ2) is 13.3. The number of hydrogen-bond donors (Lipinski definition) is 3. The summed E-state index contributed by atoms with van der Waals surface area (Å²) in [6, 6.07) is 7.05. The van der Waals surface area contributed by atoms with Gasteiger partial charge in [0.2, 0.25) is 0 Å². The predicted octanol–water partition coefficient (Wildman–Crippen LogP) is 1.77. The van der Waals surface area contributed by atoms with Crippen LogP contribution in [0.5, 0.6) is 0 Å². The fourth-order valence-electron chi connectivity index (χ4n) is 3.12. The van der Waals surface area contributed by atoms with Crippen LogP contribution in [-0.4, -0.2) is 64.6 Å². The molecule has 33 heavy (non-hydrogen) atoms. The summed E-state index contributed by atoms with van der Waals surface area (Å²) in [5, 5.41) is 3.52. The van der Waals surface area contributed by atoms with E-state index in [2.05, 4.69) is 5.32 Å². The maximum Gasteiger partial charge on any atom is 0.336 e. The Morgan fingerprint density at radius 3 is 2.33 bits per heavy atom. The van der Waals surface area contributed by atoms with Crippen LogP contribution in [0.4, 0.5) is 0 Å². The Kier molecular flexibility index (Phi) is 11.5. The van der Waals surface area contributed by atoms with Crippen molar-refractivity contribution in [3.05, 3.63) is 57.4 Å². The molecule has 0 bridgehead atoms. The van der Waals surface area contributed by atoms with E-state index in [0.717, 1.165) is 0 Å². The molecule has 0 unspecified atom stereocenters. The lowest BCUT2D eigenvalue weighted by atomic mass is 9.80. The van der Waals surface area contributed by atoms with Gasteiger partial charge in [-0.1, -0.05) is 29.8 Å². The Balaban J connectivity index is 0.000000981. The number of esters is 2. The number of hydrogen-bond acceptors (Lipinski definition) is 9. The standard InChI is InChI=1S/C20H25ClN2O5.CH4O3S/c1-4-28-20(25)18-15(11-27-10-9-22)23-12(2)16(19(24)26-3)17(18)13-7-5-6-8-14(13)21;1-5(2,3)4/h5-8,17,23H,4,9-11,22H2,1-3H3;1H3,(H,2,3,4)/t17-;/m0./s1. The number of carbonyl (C=O) groups excluding carboxylic acids is 2. The van der Waals surface area contributed by atoms with Crippen molar-refractivity contribution in [2.45, 2.75) is 19.8 Å². The lowest BCUT2D eigenvalue weighted by molar-refractivity contribution is -0.139. The van der Waals surface area contributed by atoms with E-state index in [1.807, 2.05) is 0 Å². The highest BCUT2D eigenvalue weighted by Crippen LogP contribution is 2.41. The molecule has 0 saturated heterocycles. The van der Waals surface area contributed by atoms with Crippen molar-refractivity contribution in [3.8, 4) is 0 Å². The molecule has 0 spiro atoms. The van der Waals surface area contributed by atoms with Crippen LogP contribution in [-0.2, 0) is 33.9 Å². The van der Waals surface area contributed by atoms with E-state index in [0.29, 0.717) is 47.0 Å². The minimum absolute atomic E-state index is 0.109. The van der Waals surface area contributed by atoms with Crippen molar-refractivity contribution >= 4 is 33.7 Å². The molecular weight excluding hydrogens is 476 g/mol. The second-order valence-corrected chi connectivity index (χ2v) is 8.67. The Bertz CT molecular complexity index is 1010. The molecule has 4 N–H and O–H groups in total. The molecule has 1 atom stereocenters. The molecule has 12 heteroatoms. The minimum Gasteiger partial charge on any atom is -0.466 e. The van der Waals surface area contributed by atoms with Gasteiger partial charge in [0.25, 0.3) is 10.1 Å². The highest BCUT2D eigenvalue weighted by Gasteiger charge is 2.39. The van der Waals surface area contributed by atoms with Crippen LogP contribution in [0.2, 0.25) is 5.02 Å². The normalized spacial score (nSPS) is 15.9. The Hall–Kier alpha value is -2.44. The van der Waals surface area contributed by atoms with Gasteiger partial charge in [-0.15, -0.1) is 0 Å². The molecule has 0 aliphatic carbocycles. The van der Waals surface area contributed by atoms with Gasteiger partial charge in [0.05, 0.1) is 55.9 Å². The highest BCUT2D eigenvalue weighted by molar-refractivity contribution is 7.85. The molecule has 184 valence electrons. The summed E-state index contributed by atoms with van der Waals surface area (Å²) >= 11 is 6.42. The first-order valence-corrected chi connectivity index (χ1v) is 12.1. The number of nitrogens with one attached hydrogen (secondary N) is 1. The van der Waals surface area contributed by atoms with E-state index in [-0.39, 0.29) is 18.8 Å². The van der Waals surface area contributed by atoms with E-state index in [1.165, 1.54) is 7.11 Å². The van der Waals surface area contributed by atoms with Crippen molar-refractivity contribution in [1.29, 1.82) is 0 Å². The van der Waals surface area contributed by atoms with Gasteiger partial charge in [0.1, 0.15) is 0 Å². The quantitative estimate of drug-likeness (QED) is 0.271. The zero-order valence-electron chi connectivity index (χ0n) is 18.9. The van der Waals surface area contributed by atoms with Gasteiger partial charge in [-0.05, 0) is 25.5 Å². The molecule has 0 radical (unpaired) electrons. The van der Waals surface area contributed by atoms with Gasteiger partial charge in [-0.2, -0.15) is 8.42 Å². The fraction of sp³-hybridized carbons (Fsp3) is 0.429. The van der Waals surface area contributed by atoms with E-state index in [1.54, 1.807) is 38.1 Å². The van der Waals surface area contributed by atoms with Crippen LogP contribution in [0.25, 0.3) is 0 Å². The molecule has 0 amide bonds. The monoisotopic (exact) mass is 504 g/mol. The summed E-state index contributed by atoms with van der Waals surface area (Å²) in [6.45, 7) is 4.42. The number of halogens is 1. The van der Waals surface area contributed by atoms with Gasteiger partial charge in [-0.25, -0.2) is 9.59 Å². The number of benzene rings is 1. The number of nitrogens with two attached hydrogens (primary N) is 1. The van der Waals surface area contributed by atoms with Crippen LogP contribution in [0, 0.1) is 0 Å². The van der Waals surface area contributed by atoms with Gasteiger partial charge >= 0.3 is 11.9 Å². The topological polar surface area (TPSA) is 154 Å². The maximum atomic E-state index is 12.9. The van der Waals surface area contributed by atoms with Crippen LogP contribution < -0.4 is 11.1 Å². The molecular formula is C21H29ClN2O8S.